The van der Waals surface area contributed by atoms with Crippen LogP contribution in [0.1, 0.15) is 41.2 Å². The maximum atomic E-state index is 13.3. The van der Waals surface area contributed by atoms with Crippen LogP contribution in [0.2, 0.25) is 0 Å². The predicted octanol–water partition coefficient (Wildman–Crippen LogP) is 5.47. The highest BCUT2D eigenvalue weighted by atomic mass is 32.1. The highest BCUT2D eigenvalue weighted by Crippen LogP contribution is 2.29. The molecule has 1 fully saturated rings. The maximum absolute atomic E-state index is 13.3. The van der Waals surface area contributed by atoms with E-state index >= 15 is 0 Å². The number of fused-ring (bicyclic) bond motifs is 1. The molecule has 0 unspecified atom stereocenters. The molecule has 5 rings (SSSR count). The first-order chi connectivity index (χ1) is 14.3. The lowest BCUT2D eigenvalue weighted by molar-refractivity contribution is 0.0754. The van der Waals surface area contributed by atoms with Crippen molar-refractivity contribution in [3.8, 4) is 11.3 Å². The van der Waals surface area contributed by atoms with E-state index in [4.69, 9.17) is 4.98 Å². The normalized spacial score (nSPS) is 17.4. The van der Waals surface area contributed by atoms with E-state index in [1.807, 2.05) is 51.2 Å². The lowest BCUT2D eigenvalue weighted by Crippen LogP contribution is -2.32. The Hall–Kier alpha value is -2.92. The molecule has 1 aliphatic heterocycles. The molecule has 0 radical (unpaired) electrons. The first kappa shape index (κ1) is 18.1. The van der Waals surface area contributed by atoms with Crippen LogP contribution in [0.25, 0.3) is 16.2 Å². The zero-order valence-corrected chi connectivity index (χ0v) is 17.0. The number of carbonyl (C=O) groups excluding carboxylic acids is 1. The summed E-state index contributed by atoms with van der Waals surface area (Å²) in [7, 11) is 0. The molecule has 1 aliphatic rings. The second-order valence-electron chi connectivity index (χ2n) is 7.60. The van der Waals surface area contributed by atoms with Crippen molar-refractivity contribution in [3.63, 3.8) is 0 Å². The molecule has 5 heteroatoms. The molecule has 1 atom stereocenters. The second-order valence-corrected chi connectivity index (χ2v) is 8.43. The first-order valence-corrected chi connectivity index (χ1v) is 11.0. The Morgan fingerprint density at radius 2 is 1.72 bits per heavy atom. The van der Waals surface area contributed by atoms with Crippen molar-refractivity contribution in [2.75, 3.05) is 13.1 Å². The van der Waals surface area contributed by atoms with Gasteiger partial charge in [-0.05, 0) is 30.7 Å². The number of amides is 1. The van der Waals surface area contributed by atoms with Crippen molar-refractivity contribution in [3.05, 3.63) is 83.5 Å². The minimum atomic E-state index is 0.113. The number of rotatable bonds is 3. The number of aromatic nitrogens is 2. The van der Waals surface area contributed by atoms with E-state index in [9.17, 15) is 4.79 Å². The van der Waals surface area contributed by atoms with Crippen LogP contribution in [0.3, 0.4) is 0 Å². The van der Waals surface area contributed by atoms with Gasteiger partial charge in [0.2, 0.25) is 0 Å². The fraction of sp³-hybridized carbons (Fsp3) is 0.250. The number of benzene rings is 2. The van der Waals surface area contributed by atoms with Gasteiger partial charge in [-0.1, -0.05) is 60.7 Å². The molecule has 0 N–H and O–H groups in total. The topological polar surface area (TPSA) is 37.6 Å². The number of thiazole rings is 1. The molecule has 4 aromatic rings. The second kappa shape index (κ2) is 7.84. The number of likely N-dealkylation sites (tertiary alicyclic amines) is 1. The van der Waals surface area contributed by atoms with Gasteiger partial charge >= 0.3 is 0 Å². The fourth-order valence-electron chi connectivity index (χ4n) is 4.21. The van der Waals surface area contributed by atoms with Gasteiger partial charge in [0, 0.05) is 30.2 Å². The molecule has 0 saturated carbocycles. The number of nitrogens with zero attached hydrogens (tertiary/aromatic N) is 3. The largest absolute Gasteiger partial charge is 0.337 e. The van der Waals surface area contributed by atoms with Gasteiger partial charge in [-0.2, -0.15) is 0 Å². The summed E-state index contributed by atoms with van der Waals surface area (Å²) in [5.74, 6) is 0.649. The van der Waals surface area contributed by atoms with Crippen LogP contribution in [-0.4, -0.2) is 33.3 Å². The Bertz CT molecular complexity index is 1120. The van der Waals surface area contributed by atoms with Crippen molar-refractivity contribution in [1.29, 1.82) is 0 Å². The third kappa shape index (κ3) is 3.58. The highest BCUT2D eigenvalue weighted by Gasteiger charge is 2.25. The SMILES string of the molecule is O=C(c1csc2nc(-c3ccccc3)cn12)N1CCC[C@@H](c2ccccc2)CC1. The number of hydrogen-bond donors (Lipinski definition) is 0. The van der Waals surface area contributed by atoms with E-state index in [0.29, 0.717) is 5.92 Å². The summed E-state index contributed by atoms with van der Waals surface area (Å²) < 4.78 is 1.95. The first-order valence-electron chi connectivity index (χ1n) is 10.2. The van der Waals surface area contributed by atoms with E-state index < -0.39 is 0 Å². The third-order valence-corrected chi connectivity index (χ3v) is 6.62. The lowest BCUT2D eigenvalue weighted by Gasteiger charge is -2.20. The number of hydrogen-bond acceptors (Lipinski definition) is 3. The van der Waals surface area contributed by atoms with Crippen LogP contribution in [-0.2, 0) is 0 Å². The van der Waals surface area contributed by atoms with Gasteiger partial charge in [0.1, 0.15) is 5.69 Å². The summed E-state index contributed by atoms with van der Waals surface area (Å²) >= 11 is 1.53. The van der Waals surface area contributed by atoms with Crippen molar-refractivity contribution in [1.82, 2.24) is 14.3 Å². The molecular formula is C24H23N3OS. The van der Waals surface area contributed by atoms with E-state index in [1.165, 1.54) is 16.9 Å². The van der Waals surface area contributed by atoms with Gasteiger partial charge in [0.25, 0.3) is 5.91 Å². The Morgan fingerprint density at radius 1 is 0.966 bits per heavy atom. The predicted molar refractivity (Wildman–Crippen MR) is 117 cm³/mol. The highest BCUT2D eigenvalue weighted by molar-refractivity contribution is 7.15. The molecule has 3 heterocycles. The summed E-state index contributed by atoms with van der Waals surface area (Å²) in [6.45, 7) is 1.62. The van der Waals surface area contributed by atoms with Gasteiger partial charge in [-0.25, -0.2) is 4.98 Å². The number of imidazole rings is 1. The quantitative estimate of drug-likeness (QED) is 0.456. The maximum Gasteiger partial charge on any atom is 0.271 e. The molecule has 29 heavy (non-hydrogen) atoms. The van der Waals surface area contributed by atoms with Crippen molar-refractivity contribution in [2.24, 2.45) is 0 Å². The van der Waals surface area contributed by atoms with Crippen LogP contribution in [0.5, 0.6) is 0 Å². The van der Waals surface area contributed by atoms with E-state index in [-0.39, 0.29) is 5.91 Å². The standard InChI is InChI=1S/C24H23N3OS/c28-23(26-14-7-12-19(13-15-26)18-8-3-1-4-9-18)22-17-29-24-25-21(16-27(22)24)20-10-5-2-6-11-20/h1-6,8-11,16-17,19H,7,12-15H2/t19-/m1/s1. The van der Waals surface area contributed by atoms with Gasteiger partial charge in [0.05, 0.1) is 5.69 Å². The van der Waals surface area contributed by atoms with Crippen molar-refractivity contribution >= 4 is 22.2 Å². The van der Waals surface area contributed by atoms with E-state index in [1.54, 1.807) is 0 Å². The molecule has 1 amide bonds. The van der Waals surface area contributed by atoms with Crippen LogP contribution in [0.4, 0.5) is 0 Å². The smallest absolute Gasteiger partial charge is 0.271 e. The van der Waals surface area contributed by atoms with Crippen LogP contribution in [0, 0.1) is 0 Å². The Kier molecular flexibility index (Phi) is 4.90. The minimum absolute atomic E-state index is 0.113. The van der Waals surface area contributed by atoms with Crippen molar-refractivity contribution < 1.29 is 4.79 Å². The molecule has 4 nitrogen and oxygen atoms in total. The average molecular weight is 402 g/mol. The Balaban J connectivity index is 1.36. The molecule has 146 valence electrons. The van der Waals surface area contributed by atoms with Crippen molar-refractivity contribution in [2.45, 2.75) is 25.2 Å². The molecule has 2 aromatic heterocycles. The molecule has 0 aliphatic carbocycles. The summed E-state index contributed by atoms with van der Waals surface area (Å²) in [5.41, 5.74) is 4.09. The lowest BCUT2D eigenvalue weighted by atomic mass is 9.92. The summed E-state index contributed by atoms with van der Waals surface area (Å²) in [6, 6.07) is 20.8. The number of carbonyl (C=O) groups is 1. The fourth-order valence-corrected chi connectivity index (χ4v) is 5.05. The zero-order chi connectivity index (χ0) is 19.6. The van der Waals surface area contributed by atoms with Crippen LogP contribution < -0.4 is 0 Å². The minimum Gasteiger partial charge on any atom is -0.337 e. The van der Waals surface area contributed by atoms with Crippen LogP contribution >= 0.6 is 11.3 Å². The monoisotopic (exact) mass is 401 g/mol. The van der Waals surface area contributed by atoms with Gasteiger partial charge < -0.3 is 4.90 Å². The molecule has 0 bridgehead atoms. The molecular weight excluding hydrogens is 378 g/mol. The van der Waals surface area contributed by atoms with Gasteiger partial charge in [-0.15, -0.1) is 11.3 Å². The molecule has 1 saturated heterocycles. The molecule has 0 spiro atoms. The summed E-state index contributed by atoms with van der Waals surface area (Å²) in [5, 5.41) is 1.94. The molecule has 2 aromatic carbocycles. The van der Waals surface area contributed by atoms with Gasteiger partial charge in [-0.3, -0.25) is 9.20 Å². The van der Waals surface area contributed by atoms with E-state index in [0.717, 1.165) is 54.3 Å². The average Bonchev–Trinajstić information content (AvgIpc) is 3.27. The summed E-state index contributed by atoms with van der Waals surface area (Å²) in [4.78, 5) is 20.9. The van der Waals surface area contributed by atoms with E-state index in [2.05, 4.69) is 30.3 Å². The van der Waals surface area contributed by atoms with Crippen LogP contribution in [0.15, 0.2) is 72.2 Å². The Morgan fingerprint density at radius 3 is 2.52 bits per heavy atom. The van der Waals surface area contributed by atoms with Gasteiger partial charge in [0.15, 0.2) is 4.96 Å². The summed E-state index contributed by atoms with van der Waals surface area (Å²) in [6.07, 6.45) is 5.18. The Labute approximate surface area is 174 Å². The zero-order valence-electron chi connectivity index (χ0n) is 16.2. The third-order valence-electron chi connectivity index (χ3n) is 5.78.